The molecule has 0 radical (unpaired) electrons. The van der Waals surface area contributed by atoms with Gasteiger partial charge < -0.3 is 9.80 Å². The van der Waals surface area contributed by atoms with Crippen LogP contribution in [0.25, 0.3) is 0 Å². The van der Waals surface area contributed by atoms with Crippen LogP contribution in [0.5, 0.6) is 0 Å². The molecular formula is C26H23ClN2O2S. The van der Waals surface area contributed by atoms with Crippen LogP contribution in [0.3, 0.4) is 0 Å². The Kier molecular flexibility index (Phi) is 5.26. The third-order valence-corrected chi connectivity index (χ3v) is 7.89. The van der Waals surface area contributed by atoms with Crippen molar-refractivity contribution in [3.05, 3.63) is 99.6 Å². The first-order chi connectivity index (χ1) is 15.4. The lowest BCUT2D eigenvalue weighted by Gasteiger charge is -2.33. The number of nitrogens with zero attached hydrogens (tertiary/aromatic N) is 2. The number of aryl methyl sites for hydroxylation is 2. The van der Waals surface area contributed by atoms with E-state index in [2.05, 4.69) is 0 Å². The summed E-state index contributed by atoms with van der Waals surface area (Å²) >= 11 is 7.91. The van der Waals surface area contributed by atoms with E-state index < -0.39 is 4.87 Å². The maximum atomic E-state index is 14.1. The zero-order valence-corrected chi connectivity index (χ0v) is 19.5. The number of hydrogen-bond donors (Lipinski definition) is 0. The Morgan fingerprint density at radius 3 is 2.56 bits per heavy atom. The first-order valence-corrected chi connectivity index (χ1v) is 12.0. The Hall–Kier alpha value is -2.76. The van der Waals surface area contributed by atoms with E-state index in [1.54, 1.807) is 9.80 Å². The van der Waals surface area contributed by atoms with Gasteiger partial charge in [0.05, 0.1) is 12.2 Å². The van der Waals surface area contributed by atoms with Gasteiger partial charge in [-0.2, -0.15) is 0 Å². The summed E-state index contributed by atoms with van der Waals surface area (Å²) in [6.45, 7) is 4.92. The number of fused-ring (bicyclic) bond motifs is 2. The van der Waals surface area contributed by atoms with Crippen LogP contribution in [0.2, 0.25) is 5.02 Å². The first kappa shape index (κ1) is 21.1. The molecule has 2 aliphatic rings. The highest BCUT2D eigenvalue weighted by Crippen LogP contribution is 2.55. The van der Waals surface area contributed by atoms with Gasteiger partial charge in [0.25, 0.3) is 11.8 Å². The Morgan fingerprint density at radius 2 is 1.81 bits per heavy atom. The summed E-state index contributed by atoms with van der Waals surface area (Å²) in [4.78, 5) is 30.2. The van der Waals surface area contributed by atoms with Crippen LogP contribution >= 0.6 is 23.4 Å². The minimum absolute atomic E-state index is 0.0835. The number of benzene rings is 3. The molecule has 2 amide bonds. The smallest absolute Gasteiger partial charge is 0.268 e. The van der Waals surface area contributed by atoms with Crippen LogP contribution in [0.1, 0.15) is 32.6 Å². The lowest BCUT2D eigenvalue weighted by atomic mass is 10.0. The fourth-order valence-corrected chi connectivity index (χ4v) is 6.20. The van der Waals surface area contributed by atoms with Gasteiger partial charge in [-0.3, -0.25) is 9.59 Å². The lowest BCUT2D eigenvalue weighted by Crippen LogP contribution is -2.50. The Balaban J connectivity index is 1.60. The topological polar surface area (TPSA) is 40.6 Å². The van der Waals surface area contributed by atoms with Gasteiger partial charge in [-0.05, 0) is 49.2 Å². The zero-order valence-electron chi connectivity index (χ0n) is 18.0. The fourth-order valence-electron chi connectivity index (χ4n) is 4.58. The van der Waals surface area contributed by atoms with E-state index >= 15 is 0 Å². The van der Waals surface area contributed by atoms with E-state index in [0.717, 1.165) is 22.4 Å². The normalized spacial score (nSPS) is 19.7. The molecule has 3 aromatic carbocycles. The van der Waals surface area contributed by atoms with Gasteiger partial charge in [-0.1, -0.05) is 59.6 Å². The van der Waals surface area contributed by atoms with Crippen LogP contribution in [0.15, 0.2) is 66.7 Å². The van der Waals surface area contributed by atoms with Crippen molar-refractivity contribution in [2.24, 2.45) is 0 Å². The molecule has 0 aliphatic carbocycles. The number of carbonyl (C=O) groups excluding carboxylic acids is 2. The monoisotopic (exact) mass is 462 g/mol. The Morgan fingerprint density at radius 1 is 1.06 bits per heavy atom. The van der Waals surface area contributed by atoms with E-state index in [0.29, 0.717) is 29.4 Å². The summed E-state index contributed by atoms with van der Waals surface area (Å²) in [5.74, 6) is 0.484. The second-order valence-corrected chi connectivity index (χ2v) is 10.0. The van der Waals surface area contributed by atoms with Gasteiger partial charge in [0.2, 0.25) is 0 Å². The highest BCUT2D eigenvalue weighted by atomic mass is 35.5. The van der Waals surface area contributed by atoms with Crippen LogP contribution in [0.4, 0.5) is 5.69 Å². The summed E-state index contributed by atoms with van der Waals surface area (Å²) in [6.07, 6.45) is 0. The SMILES string of the molecule is Cc1ccc(CN2C(=O)C3(SCCN3C(=O)c3ccccc3C)c3cc(Cl)ccc32)cc1. The Bertz CT molecular complexity index is 1230. The summed E-state index contributed by atoms with van der Waals surface area (Å²) in [5, 5.41) is 0.559. The lowest BCUT2D eigenvalue weighted by molar-refractivity contribution is -0.123. The van der Waals surface area contributed by atoms with Crippen molar-refractivity contribution in [3.63, 3.8) is 0 Å². The predicted molar refractivity (Wildman–Crippen MR) is 130 cm³/mol. The molecule has 0 bridgehead atoms. The Labute approximate surface area is 197 Å². The first-order valence-electron chi connectivity index (χ1n) is 10.6. The van der Waals surface area contributed by atoms with Crippen LogP contribution in [-0.2, 0) is 16.2 Å². The third-order valence-electron chi connectivity index (χ3n) is 6.24. The minimum Gasteiger partial charge on any atom is -0.311 e. The molecule has 1 atom stereocenters. The number of carbonyl (C=O) groups is 2. The van der Waals surface area contributed by atoms with Crippen molar-refractivity contribution in [1.29, 1.82) is 0 Å². The third kappa shape index (κ3) is 3.23. The molecule has 5 rings (SSSR count). The molecule has 2 aliphatic heterocycles. The number of halogens is 1. The van der Waals surface area contributed by atoms with Crippen molar-refractivity contribution in [1.82, 2.24) is 4.90 Å². The van der Waals surface area contributed by atoms with E-state index in [1.807, 2.05) is 80.6 Å². The van der Waals surface area contributed by atoms with Gasteiger partial charge in [0.15, 0.2) is 4.87 Å². The molecule has 1 unspecified atom stereocenters. The van der Waals surface area contributed by atoms with E-state index in [-0.39, 0.29) is 11.8 Å². The molecule has 0 aromatic heterocycles. The number of amides is 2. The van der Waals surface area contributed by atoms with Crippen molar-refractivity contribution in [3.8, 4) is 0 Å². The molecule has 6 heteroatoms. The molecule has 1 fully saturated rings. The van der Waals surface area contributed by atoms with Gasteiger partial charge in [-0.15, -0.1) is 11.8 Å². The van der Waals surface area contributed by atoms with E-state index in [9.17, 15) is 9.59 Å². The van der Waals surface area contributed by atoms with Crippen LogP contribution < -0.4 is 4.90 Å². The number of thioether (sulfide) groups is 1. The van der Waals surface area contributed by atoms with Gasteiger partial charge in [0, 0.05) is 28.4 Å². The van der Waals surface area contributed by atoms with Crippen molar-refractivity contribution in [2.45, 2.75) is 25.3 Å². The molecule has 0 saturated carbocycles. The maximum absolute atomic E-state index is 14.1. The number of hydrogen-bond acceptors (Lipinski definition) is 3. The molecule has 4 nitrogen and oxygen atoms in total. The van der Waals surface area contributed by atoms with Gasteiger partial charge in [-0.25, -0.2) is 0 Å². The molecule has 0 N–H and O–H groups in total. The second kappa shape index (κ2) is 7.98. The van der Waals surface area contributed by atoms with Crippen molar-refractivity contribution >= 4 is 40.9 Å². The van der Waals surface area contributed by atoms with Gasteiger partial charge in [0.1, 0.15) is 0 Å². The van der Waals surface area contributed by atoms with E-state index in [1.165, 1.54) is 17.3 Å². The standard InChI is InChI=1S/C26H23ClN2O2S/c1-17-7-9-19(10-8-17)16-28-23-12-11-20(27)15-22(23)26(25(28)31)29(13-14-32-26)24(30)21-6-4-3-5-18(21)2/h3-12,15H,13-14,16H2,1-2H3. The van der Waals surface area contributed by atoms with Crippen molar-refractivity contribution in [2.75, 3.05) is 17.2 Å². The fraction of sp³-hybridized carbons (Fsp3) is 0.231. The molecule has 1 saturated heterocycles. The number of anilines is 1. The molecule has 32 heavy (non-hydrogen) atoms. The van der Waals surface area contributed by atoms with Gasteiger partial charge >= 0.3 is 0 Å². The highest BCUT2D eigenvalue weighted by Gasteiger charge is 2.59. The summed E-state index contributed by atoms with van der Waals surface area (Å²) in [5.41, 5.74) is 5.36. The summed E-state index contributed by atoms with van der Waals surface area (Å²) in [6, 6.07) is 21.3. The number of rotatable bonds is 3. The molecule has 2 heterocycles. The second-order valence-electron chi connectivity index (χ2n) is 8.30. The quantitative estimate of drug-likeness (QED) is 0.512. The van der Waals surface area contributed by atoms with Crippen molar-refractivity contribution < 1.29 is 9.59 Å². The molecule has 1 spiro atoms. The van der Waals surface area contributed by atoms with E-state index in [4.69, 9.17) is 11.6 Å². The molecular weight excluding hydrogens is 440 g/mol. The van der Waals surface area contributed by atoms with Crippen LogP contribution in [0, 0.1) is 13.8 Å². The average molecular weight is 463 g/mol. The predicted octanol–water partition coefficient (Wildman–Crippen LogP) is 5.55. The summed E-state index contributed by atoms with van der Waals surface area (Å²) < 4.78 is 0. The molecule has 162 valence electrons. The summed E-state index contributed by atoms with van der Waals surface area (Å²) in [7, 11) is 0. The highest BCUT2D eigenvalue weighted by molar-refractivity contribution is 8.01. The molecule has 3 aromatic rings. The maximum Gasteiger partial charge on any atom is 0.268 e. The average Bonchev–Trinajstić information content (AvgIpc) is 3.32. The zero-order chi connectivity index (χ0) is 22.5. The largest absolute Gasteiger partial charge is 0.311 e. The van der Waals surface area contributed by atoms with Crippen LogP contribution in [-0.4, -0.2) is 29.0 Å². The minimum atomic E-state index is -1.09.